The van der Waals surface area contributed by atoms with E-state index < -0.39 is 0 Å². The average Bonchev–Trinajstić information content (AvgIpc) is 3.16. The molecule has 0 radical (unpaired) electrons. The Hall–Kier alpha value is -2.73. The zero-order chi connectivity index (χ0) is 17.9. The molecule has 1 aliphatic rings. The average molecular weight is 349 g/mol. The lowest BCUT2D eigenvalue weighted by molar-refractivity contribution is 0.0561. The van der Waals surface area contributed by atoms with E-state index >= 15 is 0 Å². The van der Waals surface area contributed by atoms with E-state index in [-0.39, 0.29) is 11.9 Å². The molecule has 6 heteroatoms. The first-order valence-electron chi connectivity index (χ1n) is 9.03. The highest BCUT2D eigenvalue weighted by Gasteiger charge is 2.29. The number of likely N-dealkylation sites (tertiary alicyclic amines) is 1. The minimum atomic E-state index is 0.0330. The molecule has 3 aromatic heterocycles. The molecule has 0 atom stereocenters. The van der Waals surface area contributed by atoms with Crippen LogP contribution >= 0.6 is 0 Å². The largest absolute Gasteiger partial charge is 0.330 e. The minimum absolute atomic E-state index is 0.0330. The van der Waals surface area contributed by atoms with Crippen LogP contribution in [0.5, 0.6) is 0 Å². The molecule has 4 rings (SSSR count). The van der Waals surface area contributed by atoms with Crippen LogP contribution in [-0.2, 0) is 6.54 Å². The summed E-state index contributed by atoms with van der Waals surface area (Å²) in [7, 11) is 2.13. The molecule has 1 saturated heterocycles. The molecule has 3 aromatic rings. The van der Waals surface area contributed by atoms with Gasteiger partial charge in [-0.15, -0.1) is 0 Å². The predicted molar refractivity (Wildman–Crippen MR) is 99.8 cm³/mol. The molecule has 134 valence electrons. The van der Waals surface area contributed by atoms with Crippen molar-refractivity contribution in [1.82, 2.24) is 24.4 Å². The van der Waals surface area contributed by atoms with Crippen LogP contribution < -0.4 is 0 Å². The van der Waals surface area contributed by atoms with Crippen molar-refractivity contribution in [2.45, 2.75) is 25.4 Å². The fraction of sp³-hybridized carbons (Fsp3) is 0.350. The first-order chi connectivity index (χ1) is 12.7. The van der Waals surface area contributed by atoms with Crippen molar-refractivity contribution in [3.05, 3.63) is 66.2 Å². The van der Waals surface area contributed by atoms with Gasteiger partial charge in [0.2, 0.25) is 0 Å². The Morgan fingerprint density at radius 3 is 2.65 bits per heavy atom. The molecule has 0 N–H and O–H groups in total. The maximum absolute atomic E-state index is 13.5. The molecule has 4 heterocycles. The Morgan fingerprint density at radius 2 is 1.88 bits per heavy atom. The van der Waals surface area contributed by atoms with E-state index in [4.69, 9.17) is 0 Å². The number of hydrogen-bond donors (Lipinski definition) is 0. The van der Waals surface area contributed by atoms with Crippen LogP contribution in [0.15, 0.2) is 55.0 Å². The predicted octanol–water partition coefficient (Wildman–Crippen LogP) is 2.47. The summed E-state index contributed by atoms with van der Waals surface area (Å²) in [5, 5.41) is 4.34. The summed E-state index contributed by atoms with van der Waals surface area (Å²) in [5.41, 5.74) is 2.64. The number of hydrogen-bond acceptors (Lipinski definition) is 4. The molecule has 0 aromatic carbocycles. The van der Waals surface area contributed by atoms with Crippen molar-refractivity contribution in [2.24, 2.45) is 0 Å². The monoisotopic (exact) mass is 349 g/mol. The standard InChI is InChI=1S/C20H23N5O/c1-23-13-8-17(9-14-23)24(15-16-5-10-21-11-6-16)20(26)19-4-2-3-18-7-12-22-25(18)19/h2-7,10-12,17H,8-9,13-15H2,1H3. The van der Waals surface area contributed by atoms with E-state index in [9.17, 15) is 4.79 Å². The van der Waals surface area contributed by atoms with Crippen molar-refractivity contribution < 1.29 is 4.79 Å². The second-order valence-corrected chi connectivity index (χ2v) is 6.90. The molecule has 0 aliphatic carbocycles. The summed E-state index contributed by atoms with van der Waals surface area (Å²) in [6.07, 6.45) is 7.27. The van der Waals surface area contributed by atoms with Gasteiger partial charge in [-0.2, -0.15) is 5.10 Å². The topological polar surface area (TPSA) is 53.7 Å². The number of nitrogens with zero attached hydrogens (tertiary/aromatic N) is 5. The van der Waals surface area contributed by atoms with Crippen LogP contribution in [-0.4, -0.2) is 56.5 Å². The van der Waals surface area contributed by atoms with Crippen molar-refractivity contribution in [3.63, 3.8) is 0 Å². The number of amides is 1. The third kappa shape index (κ3) is 3.32. The first kappa shape index (κ1) is 16.7. The second kappa shape index (κ2) is 7.25. The van der Waals surface area contributed by atoms with Gasteiger partial charge in [0.1, 0.15) is 5.69 Å². The molecule has 1 fully saturated rings. The van der Waals surface area contributed by atoms with Gasteiger partial charge in [0.05, 0.1) is 11.7 Å². The highest BCUT2D eigenvalue weighted by atomic mass is 16.2. The van der Waals surface area contributed by atoms with E-state index in [2.05, 4.69) is 22.0 Å². The Morgan fingerprint density at radius 1 is 1.12 bits per heavy atom. The van der Waals surface area contributed by atoms with E-state index in [0.29, 0.717) is 12.2 Å². The Balaban J connectivity index is 1.67. The Labute approximate surface area is 153 Å². The van der Waals surface area contributed by atoms with Crippen LogP contribution in [0.2, 0.25) is 0 Å². The molecular formula is C20H23N5O. The number of aromatic nitrogens is 3. The number of piperidine rings is 1. The molecule has 0 bridgehead atoms. The lowest BCUT2D eigenvalue weighted by Gasteiger charge is -2.37. The van der Waals surface area contributed by atoms with Crippen LogP contribution in [0.3, 0.4) is 0 Å². The number of carbonyl (C=O) groups is 1. The first-order valence-corrected chi connectivity index (χ1v) is 9.03. The summed E-state index contributed by atoms with van der Waals surface area (Å²) in [6, 6.07) is 11.8. The number of carbonyl (C=O) groups excluding carboxylic acids is 1. The Bertz CT molecular complexity index is 883. The molecule has 26 heavy (non-hydrogen) atoms. The molecule has 1 aliphatic heterocycles. The van der Waals surface area contributed by atoms with Gasteiger partial charge in [-0.1, -0.05) is 6.07 Å². The minimum Gasteiger partial charge on any atom is -0.330 e. The van der Waals surface area contributed by atoms with Gasteiger partial charge in [0.15, 0.2) is 0 Å². The maximum atomic E-state index is 13.5. The van der Waals surface area contributed by atoms with Gasteiger partial charge in [-0.3, -0.25) is 9.78 Å². The zero-order valence-electron chi connectivity index (χ0n) is 15.0. The molecule has 1 amide bonds. The van der Waals surface area contributed by atoms with Crippen molar-refractivity contribution in [1.29, 1.82) is 0 Å². The summed E-state index contributed by atoms with van der Waals surface area (Å²) < 4.78 is 1.73. The number of pyridine rings is 2. The number of rotatable bonds is 4. The zero-order valence-corrected chi connectivity index (χ0v) is 15.0. The van der Waals surface area contributed by atoms with Crippen LogP contribution in [0.4, 0.5) is 0 Å². The van der Waals surface area contributed by atoms with Crippen molar-refractivity contribution >= 4 is 11.4 Å². The molecule has 0 spiro atoms. The number of fused-ring (bicyclic) bond motifs is 1. The normalized spacial score (nSPS) is 16.0. The third-order valence-corrected chi connectivity index (χ3v) is 5.13. The van der Waals surface area contributed by atoms with Crippen LogP contribution in [0, 0.1) is 0 Å². The second-order valence-electron chi connectivity index (χ2n) is 6.90. The molecule has 6 nitrogen and oxygen atoms in total. The summed E-state index contributed by atoms with van der Waals surface area (Å²) in [6.45, 7) is 2.61. The maximum Gasteiger partial charge on any atom is 0.273 e. The van der Waals surface area contributed by atoms with Crippen LogP contribution in [0.1, 0.15) is 28.9 Å². The molecule has 0 saturated carbocycles. The quantitative estimate of drug-likeness (QED) is 0.726. The van der Waals surface area contributed by atoms with Crippen LogP contribution in [0.25, 0.3) is 5.52 Å². The van der Waals surface area contributed by atoms with E-state index in [0.717, 1.165) is 37.0 Å². The van der Waals surface area contributed by atoms with Gasteiger partial charge in [-0.05, 0) is 68.9 Å². The smallest absolute Gasteiger partial charge is 0.273 e. The fourth-order valence-corrected chi connectivity index (χ4v) is 3.62. The van der Waals surface area contributed by atoms with E-state index in [1.54, 1.807) is 23.1 Å². The highest BCUT2D eigenvalue weighted by molar-refractivity contribution is 5.93. The van der Waals surface area contributed by atoms with Crippen molar-refractivity contribution in [2.75, 3.05) is 20.1 Å². The van der Waals surface area contributed by atoms with Gasteiger partial charge < -0.3 is 9.80 Å². The molecular weight excluding hydrogens is 326 g/mol. The fourth-order valence-electron chi connectivity index (χ4n) is 3.62. The van der Waals surface area contributed by atoms with Gasteiger partial charge >= 0.3 is 0 Å². The lowest BCUT2D eigenvalue weighted by atomic mass is 10.0. The van der Waals surface area contributed by atoms with Gasteiger partial charge in [-0.25, -0.2) is 4.52 Å². The van der Waals surface area contributed by atoms with Gasteiger partial charge in [0, 0.05) is 25.0 Å². The van der Waals surface area contributed by atoms with E-state index in [1.165, 1.54) is 0 Å². The molecule has 0 unspecified atom stereocenters. The third-order valence-electron chi connectivity index (χ3n) is 5.13. The van der Waals surface area contributed by atoms with Crippen molar-refractivity contribution in [3.8, 4) is 0 Å². The Kier molecular flexibility index (Phi) is 4.67. The van der Waals surface area contributed by atoms with Gasteiger partial charge in [0.25, 0.3) is 5.91 Å². The summed E-state index contributed by atoms with van der Waals surface area (Å²) in [4.78, 5) is 21.9. The summed E-state index contributed by atoms with van der Waals surface area (Å²) >= 11 is 0. The lowest BCUT2D eigenvalue weighted by Crippen LogP contribution is -2.46. The highest BCUT2D eigenvalue weighted by Crippen LogP contribution is 2.21. The van der Waals surface area contributed by atoms with E-state index in [1.807, 2.05) is 41.3 Å². The SMILES string of the molecule is CN1CCC(N(Cc2ccncc2)C(=O)c2cccc3ccnn23)CC1. The summed E-state index contributed by atoms with van der Waals surface area (Å²) in [5.74, 6) is 0.0330.